The van der Waals surface area contributed by atoms with Crippen LogP contribution in [0.4, 0.5) is 0 Å². The van der Waals surface area contributed by atoms with Crippen LogP contribution in [0.2, 0.25) is 0 Å². The Morgan fingerprint density at radius 3 is 2.53 bits per heavy atom. The lowest BCUT2D eigenvalue weighted by atomic mass is 10.1. The monoisotopic (exact) mass is 256 g/mol. The molecule has 0 unspecified atom stereocenters. The molecular weight excluding hydrogens is 240 g/mol. The zero-order chi connectivity index (χ0) is 13.8. The van der Waals surface area contributed by atoms with Crippen LogP contribution in [0.3, 0.4) is 0 Å². The molecule has 1 aromatic heterocycles. The number of aromatic amines is 1. The fourth-order valence-corrected chi connectivity index (χ4v) is 1.59. The Labute approximate surface area is 111 Å². The van der Waals surface area contributed by atoms with Crippen molar-refractivity contribution < 1.29 is 4.79 Å². The molecule has 0 atom stereocenters. The molecule has 0 radical (unpaired) electrons. The minimum atomic E-state index is -0.323. The highest BCUT2D eigenvalue weighted by molar-refractivity contribution is 6.00. The van der Waals surface area contributed by atoms with Gasteiger partial charge in [0.2, 0.25) is 0 Å². The summed E-state index contributed by atoms with van der Waals surface area (Å²) in [6.45, 7) is 5.71. The molecule has 98 valence electrons. The van der Waals surface area contributed by atoms with Crippen LogP contribution < -0.4 is 5.43 Å². The average molecular weight is 256 g/mol. The van der Waals surface area contributed by atoms with E-state index >= 15 is 0 Å². The van der Waals surface area contributed by atoms with Gasteiger partial charge < -0.3 is 0 Å². The minimum absolute atomic E-state index is 0.323. The minimum Gasteiger partial charge on any atom is -0.282 e. The van der Waals surface area contributed by atoms with E-state index in [2.05, 4.69) is 20.7 Å². The number of hydrogen-bond donors (Lipinski definition) is 2. The highest BCUT2D eigenvalue weighted by atomic mass is 16.2. The summed E-state index contributed by atoms with van der Waals surface area (Å²) in [6.07, 6.45) is 0. The summed E-state index contributed by atoms with van der Waals surface area (Å²) >= 11 is 0. The van der Waals surface area contributed by atoms with Crippen molar-refractivity contribution in [2.24, 2.45) is 5.10 Å². The van der Waals surface area contributed by atoms with Crippen molar-refractivity contribution in [3.63, 3.8) is 0 Å². The third kappa shape index (κ3) is 3.28. The first kappa shape index (κ1) is 13.0. The van der Waals surface area contributed by atoms with Gasteiger partial charge in [0.1, 0.15) is 0 Å². The number of amides is 1. The summed E-state index contributed by atoms with van der Waals surface area (Å²) in [5.41, 5.74) is 6.57. The predicted octanol–water partition coefficient (Wildman–Crippen LogP) is 2.18. The molecule has 0 spiro atoms. The SMILES string of the molecule is C/C(=N/NC(=O)c1cc(C)[nH]n1)c1ccc(C)cc1. The highest BCUT2D eigenvalue weighted by Crippen LogP contribution is 2.04. The topological polar surface area (TPSA) is 70.1 Å². The molecule has 0 bridgehead atoms. The first-order chi connectivity index (χ1) is 9.06. The van der Waals surface area contributed by atoms with E-state index in [1.807, 2.05) is 45.0 Å². The molecule has 0 fully saturated rings. The number of aromatic nitrogens is 2. The summed E-state index contributed by atoms with van der Waals surface area (Å²) in [7, 11) is 0. The summed E-state index contributed by atoms with van der Waals surface area (Å²) in [5.74, 6) is -0.323. The summed E-state index contributed by atoms with van der Waals surface area (Å²) in [6, 6.07) is 9.63. The Morgan fingerprint density at radius 1 is 1.26 bits per heavy atom. The number of H-pyrrole nitrogens is 1. The first-order valence-corrected chi connectivity index (χ1v) is 6.00. The molecule has 1 heterocycles. The maximum absolute atomic E-state index is 11.7. The van der Waals surface area contributed by atoms with E-state index in [1.165, 1.54) is 5.56 Å². The van der Waals surface area contributed by atoms with Gasteiger partial charge in [0.15, 0.2) is 5.69 Å². The summed E-state index contributed by atoms with van der Waals surface area (Å²) in [4.78, 5) is 11.7. The van der Waals surface area contributed by atoms with Crippen LogP contribution in [0.1, 0.15) is 34.2 Å². The lowest BCUT2D eigenvalue weighted by Gasteiger charge is -2.02. The van der Waals surface area contributed by atoms with Gasteiger partial charge in [-0.05, 0) is 32.4 Å². The van der Waals surface area contributed by atoms with E-state index in [0.29, 0.717) is 5.69 Å². The highest BCUT2D eigenvalue weighted by Gasteiger charge is 2.08. The van der Waals surface area contributed by atoms with Crippen LogP contribution in [0.15, 0.2) is 35.4 Å². The van der Waals surface area contributed by atoms with Crippen molar-refractivity contribution in [2.75, 3.05) is 0 Å². The van der Waals surface area contributed by atoms with Gasteiger partial charge in [-0.1, -0.05) is 29.8 Å². The molecule has 1 aromatic carbocycles. The zero-order valence-electron chi connectivity index (χ0n) is 11.2. The van der Waals surface area contributed by atoms with E-state index in [9.17, 15) is 4.79 Å². The lowest BCUT2D eigenvalue weighted by molar-refractivity contribution is 0.0950. The molecule has 0 saturated heterocycles. The van der Waals surface area contributed by atoms with E-state index in [0.717, 1.165) is 17.0 Å². The van der Waals surface area contributed by atoms with Crippen molar-refractivity contribution in [3.8, 4) is 0 Å². The molecular formula is C14H16N4O. The van der Waals surface area contributed by atoms with E-state index in [4.69, 9.17) is 0 Å². The Kier molecular flexibility index (Phi) is 3.75. The Morgan fingerprint density at radius 2 is 1.95 bits per heavy atom. The Hall–Kier alpha value is -2.43. The molecule has 19 heavy (non-hydrogen) atoms. The number of hydrogen-bond acceptors (Lipinski definition) is 3. The van der Waals surface area contributed by atoms with Crippen LogP contribution >= 0.6 is 0 Å². The molecule has 0 aliphatic rings. The zero-order valence-corrected chi connectivity index (χ0v) is 11.2. The van der Waals surface area contributed by atoms with Gasteiger partial charge in [-0.3, -0.25) is 9.89 Å². The standard InChI is InChI=1S/C14H16N4O/c1-9-4-6-12(7-5-9)11(3)16-18-14(19)13-8-10(2)15-17-13/h4-8H,1-3H3,(H,15,17)(H,18,19)/b16-11-. The molecule has 0 aliphatic carbocycles. The van der Waals surface area contributed by atoms with Crippen molar-refractivity contribution >= 4 is 11.6 Å². The van der Waals surface area contributed by atoms with E-state index in [-0.39, 0.29) is 5.91 Å². The fourth-order valence-electron chi connectivity index (χ4n) is 1.59. The number of benzene rings is 1. The Bertz CT molecular complexity index is 611. The molecule has 0 saturated carbocycles. The van der Waals surface area contributed by atoms with Gasteiger partial charge in [0.05, 0.1) is 5.71 Å². The van der Waals surface area contributed by atoms with Crippen LogP contribution in [0.25, 0.3) is 0 Å². The van der Waals surface area contributed by atoms with Gasteiger partial charge in [0, 0.05) is 5.69 Å². The lowest BCUT2D eigenvalue weighted by Crippen LogP contribution is -2.19. The number of hydrazone groups is 1. The quantitative estimate of drug-likeness (QED) is 0.652. The number of nitrogens with one attached hydrogen (secondary N) is 2. The van der Waals surface area contributed by atoms with Gasteiger partial charge in [-0.15, -0.1) is 0 Å². The van der Waals surface area contributed by atoms with Crippen molar-refractivity contribution in [1.29, 1.82) is 0 Å². The normalized spacial score (nSPS) is 11.4. The second-order valence-corrected chi connectivity index (χ2v) is 4.44. The molecule has 2 rings (SSSR count). The number of rotatable bonds is 3. The number of aryl methyl sites for hydroxylation is 2. The predicted molar refractivity (Wildman–Crippen MR) is 74.2 cm³/mol. The molecule has 0 aliphatic heterocycles. The van der Waals surface area contributed by atoms with Crippen molar-refractivity contribution in [1.82, 2.24) is 15.6 Å². The summed E-state index contributed by atoms with van der Waals surface area (Å²) in [5, 5.41) is 10.7. The van der Waals surface area contributed by atoms with Crippen molar-refractivity contribution in [2.45, 2.75) is 20.8 Å². The van der Waals surface area contributed by atoms with Crippen LogP contribution in [-0.2, 0) is 0 Å². The largest absolute Gasteiger partial charge is 0.291 e. The maximum atomic E-state index is 11.7. The van der Waals surface area contributed by atoms with Gasteiger partial charge in [0.25, 0.3) is 5.91 Å². The number of nitrogens with zero attached hydrogens (tertiary/aromatic N) is 2. The average Bonchev–Trinajstić information content (AvgIpc) is 2.83. The summed E-state index contributed by atoms with van der Waals surface area (Å²) < 4.78 is 0. The fraction of sp³-hybridized carbons (Fsp3) is 0.214. The third-order valence-corrected chi connectivity index (χ3v) is 2.73. The molecule has 5 heteroatoms. The maximum Gasteiger partial charge on any atom is 0.291 e. The molecule has 2 aromatic rings. The molecule has 5 nitrogen and oxygen atoms in total. The van der Waals surface area contributed by atoms with E-state index in [1.54, 1.807) is 6.07 Å². The van der Waals surface area contributed by atoms with E-state index < -0.39 is 0 Å². The smallest absolute Gasteiger partial charge is 0.282 e. The first-order valence-electron chi connectivity index (χ1n) is 6.00. The molecule has 1 amide bonds. The van der Waals surface area contributed by atoms with Crippen molar-refractivity contribution in [3.05, 3.63) is 52.8 Å². The third-order valence-electron chi connectivity index (χ3n) is 2.73. The van der Waals surface area contributed by atoms with Crippen LogP contribution in [0.5, 0.6) is 0 Å². The van der Waals surface area contributed by atoms with Gasteiger partial charge >= 0.3 is 0 Å². The second-order valence-electron chi connectivity index (χ2n) is 4.44. The number of carbonyl (C=O) groups excluding carboxylic acids is 1. The van der Waals surface area contributed by atoms with Gasteiger partial charge in [-0.25, -0.2) is 5.43 Å². The second kappa shape index (κ2) is 5.48. The van der Waals surface area contributed by atoms with Crippen LogP contribution in [0, 0.1) is 13.8 Å². The van der Waals surface area contributed by atoms with Crippen LogP contribution in [-0.4, -0.2) is 21.8 Å². The molecule has 2 N–H and O–H groups in total. The Balaban J connectivity index is 2.06. The number of carbonyl (C=O) groups is 1. The van der Waals surface area contributed by atoms with Gasteiger partial charge in [-0.2, -0.15) is 10.2 Å².